The quantitative estimate of drug-likeness (QED) is 0.858. The third-order valence-corrected chi connectivity index (χ3v) is 3.72. The van der Waals surface area contributed by atoms with Gasteiger partial charge in [-0.3, -0.25) is 9.59 Å². The minimum absolute atomic E-state index is 0.0309. The van der Waals surface area contributed by atoms with Crippen LogP contribution in [0.25, 0.3) is 0 Å². The van der Waals surface area contributed by atoms with Crippen molar-refractivity contribution in [3.05, 3.63) is 40.9 Å². The summed E-state index contributed by atoms with van der Waals surface area (Å²) in [7, 11) is 0. The summed E-state index contributed by atoms with van der Waals surface area (Å²) >= 11 is 3.11. The zero-order valence-electron chi connectivity index (χ0n) is 12.0. The lowest BCUT2D eigenvalue weighted by Crippen LogP contribution is -2.33. The van der Waals surface area contributed by atoms with Crippen LogP contribution in [0.1, 0.15) is 12.0 Å². The number of rotatable bonds is 4. The molecule has 4 nitrogen and oxygen atoms in total. The Morgan fingerprint density at radius 2 is 2.13 bits per heavy atom. The number of alkyl halides is 3. The van der Waals surface area contributed by atoms with E-state index in [4.69, 9.17) is 0 Å². The molecule has 1 aliphatic rings. The second-order valence-electron chi connectivity index (χ2n) is 5.19. The molecule has 0 spiro atoms. The Labute approximate surface area is 139 Å². The summed E-state index contributed by atoms with van der Waals surface area (Å²) in [6.45, 7) is 3.87. The van der Waals surface area contributed by atoms with Crippen LogP contribution >= 0.6 is 15.9 Å². The van der Waals surface area contributed by atoms with Crippen LogP contribution in [-0.4, -0.2) is 24.9 Å². The lowest BCUT2D eigenvalue weighted by Gasteiger charge is -2.18. The van der Waals surface area contributed by atoms with Crippen molar-refractivity contribution in [1.29, 1.82) is 0 Å². The molecule has 124 valence electrons. The van der Waals surface area contributed by atoms with Crippen LogP contribution in [0, 0.1) is 5.92 Å². The highest BCUT2D eigenvalue weighted by Crippen LogP contribution is 2.33. The van der Waals surface area contributed by atoms with E-state index in [-0.39, 0.29) is 37.0 Å². The average Bonchev–Trinajstić information content (AvgIpc) is 2.86. The Kier molecular flexibility index (Phi) is 5.13. The summed E-state index contributed by atoms with van der Waals surface area (Å²) in [4.78, 5) is 25.2. The molecule has 1 fully saturated rings. The fourth-order valence-electron chi connectivity index (χ4n) is 2.31. The monoisotopic (exact) mass is 390 g/mol. The molecular weight excluding hydrogens is 377 g/mol. The lowest BCUT2D eigenvalue weighted by molar-refractivity contribution is -0.137. The van der Waals surface area contributed by atoms with E-state index in [0.717, 1.165) is 12.1 Å². The molecule has 1 unspecified atom stereocenters. The van der Waals surface area contributed by atoms with E-state index in [2.05, 4.69) is 27.8 Å². The fraction of sp³-hybridized carbons (Fsp3) is 0.333. The second kappa shape index (κ2) is 6.74. The van der Waals surface area contributed by atoms with E-state index < -0.39 is 17.7 Å². The first kappa shape index (κ1) is 17.5. The molecule has 8 heteroatoms. The van der Waals surface area contributed by atoms with Gasteiger partial charge in [0.1, 0.15) is 0 Å². The molecule has 2 amide bonds. The number of anilines is 1. The van der Waals surface area contributed by atoms with Gasteiger partial charge in [0.2, 0.25) is 11.8 Å². The summed E-state index contributed by atoms with van der Waals surface area (Å²) in [6.07, 6.45) is -4.51. The predicted octanol–water partition coefficient (Wildman–Crippen LogP) is 3.08. The van der Waals surface area contributed by atoms with Crippen molar-refractivity contribution in [1.82, 2.24) is 5.32 Å². The first-order valence-electron chi connectivity index (χ1n) is 6.77. The Morgan fingerprint density at radius 1 is 1.43 bits per heavy atom. The summed E-state index contributed by atoms with van der Waals surface area (Å²) in [6, 6.07) is 4.52. The van der Waals surface area contributed by atoms with Crippen LogP contribution in [0.5, 0.6) is 0 Å². The van der Waals surface area contributed by atoms with Crippen molar-refractivity contribution in [2.24, 2.45) is 5.92 Å². The second-order valence-corrected chi connectivity index (χ2v) is 6.31. The van der Waals surface area contributed by atoms with Crippen LogP contribution in [0.2, 0.25) is 0 Å². The highest BCUT2D eigenvalue weighted by Gasteiger charge is 2.36. The smallest absolute Gasteiger partial charge is 0.351 e. The van der Waals surface area contributed by atoms with Gasteiger partial charge in [-0.1, -0.05) is 28.6 Å². The number of carbonyl (C=O) groups is 2. The van der Waals surface area contributed by atoms with Crippen molar-refractivity contribution >= 4 is 33.4 Å². The molecular formula is C15H14BrF3N2O2. The lowest BCUT2D eigenvalue weighted by atomic mass is 10.1. The van der Waals surface area contributed by atoms with Gasteiger partial charge in [0.05, 0.1) is 11.5 Å². The zero-order valence-corrected chi connectivity index (χ0v) is 13.6. The SMILES string of the molecule is C=C(Br)CNC(=O)C1CC(=O)N(c2cccc(C(F)(F)F)c2)C1. The van der Waals surface area contributed by atoms with Crippen LogP contribution in [0.3, 0.4) is 0 Å². The minimum atomic E-state index is -4.48. The van der Waals surface area contributed by atoms with E-state index >= 15 is 0 Å². The molecule has 23 heavy (non-hydrogen) atoms. The molecule has 1 heterocycles. The highest BCUT2D eigenvalue weighted by molar-refractivity contribution is 9.11. The van der Waals surface area contributed by atoms with E-state index in [0.29, 0.717) is 4.48 Å². The number of benzene rings is 1. The molecule has 1 aliphatic heterocycles. The molecule has 0 aromatic heterocycles. The number of hydrogen-bond donors (Lipinski definition) is 1. The van der Waals surface area contributed by atoms with Crippen molar-refractivity contribution < 1.29 is 22.8 Å². The predicted molar refractivity (Wildman–Crippen MR) is 83.0 cm³/mol. The third-order valence-electron chi connectivity index (χ3n) is 3.44. The maximum absolute atomic E-state index is 12.8. The van der Waals surface area contributed by atoms with Gasteiger partial charge in [0, 0.05) is 29.7 Å². The Morgan fingerprint density at radius 3 is 2.74 bits per heavy atom. The average molecular weight is 391 g/mol. The van der Waals surface area contributed by atoms with E-state index in [1.54, 1.807) is 0 Å². The van der Waals surface area contributed by atoms with Crippen molar-refractivity contribution in [3.63, 3.8) is 0 Å². The van der Waals surface area contributed by atoms with Crippen molar-refractivity contribution in [2.45, 2.75) is 12.6 Å². The van der Waals surface area contributed by atoms with E-state index in [9.17, 15) is 22.8 Å². The van der Waals surface area contributed by atoms with E-state index in [1.807, 2.05) is 0 Å². The first-order chi connectivity index (χ1) is 10.7. The Balaban J connectivity index is 2.12. The molecule has 1 saturated heterocycles. The molecule has 1 aromatic rings. The van der Waals surface area contributed by atoms with Crippen LogP contribution in [0.4, 0.5) is 18.9 Å². The number of carbonyl (C=O) groups excluding carboxylic acids is 2. The Hall–Kier alpha value is -1.83. The van der Waals surface area contributed by atoms with Crippen LogP contribution in [0.15, 0.2) is 35.3 Å². The first-order valence-corrected chi connectivity index (χ1v) is 7.56. The standard InChI is InChI=1S/C15H14BrF3N2O2/c1-9(16)7-20-14(23)10-5-13(22)21(8-10)12-4-2-3-11(6-12)15(17,18)19/h2-4,6,10H,1,5,7-8H2,(H,20,23). The van der Waals surface area contributed by atoms with Gasteiger partial charge in [-0.05, 0) is 18.2 Å². The normalized spacial score (nSPS) is 18.2. The zero-order chi connectivity index (χ0) is 17.2. The number of nitrogens with zero attached hydrogens (tertiary/aromatic N) is 1. The maximum Gasteiger partial charge on any atom is 0.416 e. The van der Waals surface area contributed by atoms with Crippen LogP contribution in [-0.2, 0) is 15.8 Å². The largest absolute Gasteiger partial charge is 0.416 e. The Bertz CT molecular complexity index is 646. The molecule has 0 radical (unpaired) electrons. The molecule has 0 saturated carbocycles. The van der Waals surface area contributed by atoms with E-state index in [1.165, 1.54) is 17.0 Å². The number of nitrogens with one attached hydrogen (secondary N) is 1. The molecule has 0 aliphatic carbocycles. The third kappa shape index (κ3) is 4.34. The fourth-order valence-corrected chi connectivity index (χ4v) is 2.45. The van der Waals surface area contributed by atoms with Gasteiger partial charge in [-0.15, -0.1) is 0 Å². The summed E-state index contributed by atoms with van der Waals surface area (Å²) in [5.74, 6) is -1.29. The van der Waals surface area contributed by atoms with Crippen molar-refractivity contribution in [2.75, 3.05) is 18.0 Å². The van der Waals surface area contributed by atoms with Gasteiger partial charge < -0.3 is 10.2 Å². The molecule has 1 N–H and O–H groups in total. The van der Waals surface area contributed by atoms with Gasteiger partial charge in [0.15, 0.2) is 0 Å². The number of amides is 2. The molecule has 2 rings (SSSR count). The van der Waals surface area contributed by atoms with Gasteiger partial charge in [-0.25, -0.2) is 0 Å². The molecule has 0 bridgehead atoms. The van der Waals surface area contributed by atoms with Crippen molar-refractivity contribution in [3.8, 4) is 0 Å². The summed E-state index contributed by atoms with van der Waals surface area (Å²) in [5.41, 5.74) is -0.684. The minimum Gasteiger partial charge on any atom is -0.351 e. The number of hydrogen-bond acceptors (Lipinski definition) is 2. The van der Waals surface area contributed by atoms with Gasteiger partial charge in [0.25, 0.3) is 0 Å². The topological polar surface area (TPSA) is 49.4 Å². The number of halogens is 4. The summed E-state index contributed by atoms with van der Waals surface area (Å²) in [5, 5.41) is 2.61. The molecule has 1 aromatic carbocycles. The summed E-state index contributed by atoms with van der Waals surface area (Å²) < 4.78 is 38.8. The molecule has 1 atom stereocenters. The van der Waals surface area contributed by atoms with Crippen LogP contribution < -0.4 is 10.2 Å². The highest BCUT2D eigenvalue weighted by atomic mass is 79.9. The maximum atomic E-state index is 12.8. The van der Waals surface area contributed by atoms with Gasteiger partial charge >= 0.3 is 6.18 Å². The van der Waals surface area contributed by atoms with Gasteiger partial charge in [-0.2, -0.15) is 13.2 Å².